The highest BCUT2D eigenvalue weighted by atomic mass is 32.2. The minimum Gasteiger partial charge on any atom is -0.361 e. The van der Waals surface area contributed by atoms with Gasteiger partial charge in [-0.25, -0.2) is 0 Å². The highest BCUT2D eigenvalue weighted by Gasteiger charge is 2.24. The summed E-state index contributed by atoms with van der Waals surface area (Å²) in [5, 5.41) is 8.29. The maximum Gasteiger partial charge on any atom is 0.166 e. The smallest absolute Gasteiger partial charge is 0.166 e. The topological polar surface area (TPSA) is 24.1 Å². The van der Waals surface area contributed by atoms with Gasteiger partial charge in [0.1, 0.15) is 0 Å². The first kappa shape index (κ1) is 13.1. The van der Waals surface area contributed by atoms with Crippen LogP contribution in [0.2, 0.25) is 0 Å². The van der Waals surface area contributed by atoms with Crippen molar-refractivity contribution in [1.29, 1.82) is 0 Å². The molecule has 0 amide bonds. The Hall–Kier alpha value is 0.0400. The van der Waals surface area contributed by atoms with Crippen LogP contribution in [0.25, 0.3) is 0 Å². The van der Waals surface area contributed by atoms with Gasteiger partial charge < -0.3 is 10.6 Å². The zero-order valence-corrected chi connectivity index (χ0v) is 11.5. The maximum absolute atomic E-state index is 5.24. The van der Waals surface area contributed by atoms with Crippen LogP contribution in [0.5, 0.6) is 0 Å². The molecule has 2 unspecified atom stereocenters. The van der Waals surface area contributed by atoms with Crippen molar-refractivity contribution < 1.29 is 0 Å². The third kappa shape index (κ3) is 5.07. The zero-order valence-electron chi connectivity index (χ0n) is 9.88. The molecule has 1 fully saturated rings. The average molecular weight is 246 g/mol. The third-order valence-electron chi connectivity index (χ3n) is 2.54. The lowest BCUT2D eigenvalue weighted by Gasteiger charge is -2.18. The number of hydrogen-bond acceptors (Lipinski definition) is 2. The second-order valence-electron chi connectivity index (χ2n) is 4.36. The van der Waals surface area contributed by atoms with E-state index in [1.165, 1.54) is 25.0 Å². The molecular formula is C11H22N2S2. The van der Waals surface area contributed by atoms with Gasteiger partial charge in [-0.1, -0.05) is 6.92 Å². The van der Waals surface area contributed by atoms with E-state index in [4.69, 9.17) is 12.2 Å². The van der Waals surface area contributed by atoms with E-state index in [0.29, 0.717) is 12.1 Å². The lowest BCUT2D eigenvalue weighted by Crippen LogP contribution is -2.43. The van der Waals surface area contributed by atoms with Gasteiger partial charge >= 0.3 is 0 Å². The molecule has 0 aromatic heterocycles. The largest absolute Gasteiger partial charge is 0.361 e. The summed E-state index contributed by atoms with van der Waals surface area (Å²) in [6.07, 6.45) is 3.86. The van der Waals surface area contributed by atoms with E-state index in [-0.39, 0.29) is 0 Å². The molecule has 0 aliphatic heterocycles. The van der Waals surface area contributed by atoms with Gasteiger partial charge in [0.2, 0.25) is 0 Å². The minimum atomic E-state index is 0.423. The lowest BCUT2D eigenvalue weighted by atomic mass is 10.2. The van der Waals surface area contributed by atoms with E-state index in [2.05, 4.69) is 43.2 Å². The predicted molar refractivity (Wildman–Crippen MR) is 73.6 cm³/mol. The minimum absolute atomic E-state index is 0.423. The number of hydrogen-bond donors (Lipinski definition) is 2. The standard InChI is InChI=1S/C11H22N2S2/c1-4-15-10-6-5-9(7-10)13-11(14)12-8(2)3/h8-10H,4-7H2,1-3H3,(H2,12,13,14). The summed E-state index contributed by atoms with van der Waals surface area (Å²) in [4.78, 5) is 0. The van der Waals surface area contributed by atoms with Crippen LogP contribution in [0, 0.1) is 0 Å². The zero-order chi connectivity index (χ0) is 11.3. The molecule has 0 radical (unpaired) electrons. The summed E-state index contributed by atoms with van der Waals surface area (Å²) in [6.45, 7) is 6.45. The summed E-state index contributed by atoms with van der Waals surface area (Å²) in [5.74, 6) is 1.23. The molecule has 1 aliphatic carbocycles. The van der Waals surface area contributed by atoms with Gasteiger partial charge in [-0.3, -0.25) is 0 Å². The molecule has 0 spiro atoms. The van der Waals surface area contributed by atoms with Gasteiger partial charge in [-0.15, -0.1) is 0 Å². The fourth-order valence-corrected chi connectivity index (χ4v) is 3.49. The van der Waals surface area contributed by atoms with Gasteiger partial charge in [-0.2, -0.15) is 11.8 Å². The van der Waals surface area contributed by atoms with Crippen molar-refractivity contribution in [2.45, 2.75) is 57.4 Å². The van der Waals surface area contributed by atoms with Crippen molar-refractivity contribution in [3.05, 3.63) is 0 Å². The second kappa shape index (κ2) is 6.59. The first-order valence-electron chi connectivity index (χ1n) is 5.80. The van der Waals surface area contributed by atoms with Gasteiger partial charge in [0.05, 0.1) is 0 Å². The van der Waals surface area contributed by atoms with Crippen LogP contribution in [0.15, 0.2) is 0 Å². The summed E-state index contributed by atoms with van der Waals surface area (Å²) in [7, 11) is 0. The van der Waals surface area contributed by atoms with Gasteiger partial charge in [-0.05, 0) is 51.1 Å². The third-order valence-corrected chi connectivity index (χ3v) is 4.01. The van der Waals surface area contributed by atoms with Crippen LogP contribution in [0.4, 0.5) is 0 Å². The van der Waals surface area contributed by atoms with Gasteiger partial charge in [0.25, 0.3) is 0 Å². The Balaban J connectivity index is 2.20. The molecule has 0 heterocycles. The molecule has 1 saturated carbocycles. The van der Waals surface area contributed by atoms with Crippen molar-refractivity contribution in [3.63, 3.8) is 0 Å². The van der Waals surface area contributed by atoms with Gasteiger partial charge in [0, 0.05) is 17.3 Å². The number of rotatable bonds is 4. The van der Waals surface area contributed by atoms with Crippen molar-refractivity contribution in [2.75, 3.05) is 5.75 Å². The molecule has 1 aliphatic rings. The Morgan fingerprint density at radius 1 is 1.47 bits per heavy atom. The number of thiocarbonyl (C=S) groups is 1. The first-order valence-corrected chi connectivity index (χ1v) is 7.26. The van der Waals surface area contributed by atoms with Crippen LogP contribution in [-0.2, 0) is 0 Å². The Morgan fingerprint density at radius 2 is 2.20 bits per heavy atom. The molecule has 0 aromatic carbocycles. The van der Waals surface area contributed by atoms with E-state index in [0.717, 1.165) is 10.4 Å². The molecule has 2 atom stereocenters. The van der Waals surface area contributed by atoms with Crippen LogP contribution < -0.4 is 10.6 Å². The van der Waals surface area contributed by atoms with Crippen LogP contribution in [0.1, 0.15) is 40.0 Å². The summed E-state index contributed by atoms with van der Waals surface area (Å²) < 4.78 is 0. The Bertz CT molecular complexity index is 207. The van der Waals surface area contributed by atoms with Crippen LogP contribution in [-0.4, -0.2) is 28.2 Å². The highest BCUT2D eigenvalue weighted by Crippen LogP contribution is 2.29. The molecule has 4 heteroatoms. The molecule has 2 nitrogen and oxygen atoms in total. The van der Waals surface area contributed by atoms with Gasteiger partial charge in [0.15, 0.2) is 5.11 Å². The summed E-state index contributed by atoms with van der Waals surface area (Å²) >= 11 is 7.32. The average Bonchev–Trinajstić information content (AvgIpc) is 2.51. The molecule has 1 rings (SSSR count). The summed E-state index contributed by atoms with van der Waals surface area (Å²) in [5.41, 5.74) is 0. The molecule has 0 aromatic rings. The van der Waals surface area contributed by atoms with E-state index in [1.54, 1.807) is 0 Å². The summed E-state index contributed by atoms with van der Waals surface area (Å²) in [6, 6.07) is 1.01. The monoisotopic (exact) mass is 246 g/mol. The Labute approximate surface area is 103 Å². The lowest BCUT2D eigenvalue weighted by molar-refractivity contribution is 0.610. The second-order valence-corrected chi connectivity index (χ2v) is 6.35. The highest BCUT2D eigenvalue weighted by molar-refractivity contribution is 7.99. The van der Waals surface area contributed by atoms with Crippen molar-refractivity contribution in [2.24, 2.45) is 0 Å². The van der Waals surface area contributed by atoms with Crippen molar-refractivity contribution in [1.82, 2.24) is 10.6 Å². The van der Waals surface area contributed by atoms with Crippen molar-refractivity contribution in [3.8, 4) is 0 Å². The molecule has 0 saturated heterocycles. The quantitative estimate of drug-likeness (QED) is 0.745. The number of thioether (sulfide) groups is 1. The van der Waals surface area contributed by atoms with Crippen LogP contribution in [0.3, 0.4) is 0 Å². The predicted octanol–water partition coefficient (Wildman–Crippen LogP) is 2.53. The van der Waals surface area contributed by atoms with E-state index in [9.17, 15) is 0 Å². The van der Waals surface area contributed by atoms with E-state index in [1.807, 2.05) is 0 Å². The molecule has 88 valence electrons. The van der Waals surface area contributed by atoms with E-state index < -0.39 is 0 Å². The fraction of sp³-hybridized carbons (Fsp3) is 0.909. The van der Waals surface area contributed by atoms with Crippen molar-refractivity contribution >= 4 is 29.1 Å². The Morgan fingerprint density at radius 3 is 2.80 bits per heavy atom. The number of nitrogens with one attached hydrogen (secondary N) is 2. The molecule has 15 heavy (non-hydrogen) atoms. The van der Waals surface area contributed by atoms with Crippen LogP contribution >= 0.6 is 24.0 Å². The Kier molecular flexibility index (Phi) is 5.75. The normalized spacial score (nSPS) is 25.6. The fourth-order valence-electron chi connectivity index (χ4n) is 1.95. The molecule has 2 N–H and O–H groups in total. The molecule has 0 bridgehead atoms. The molecular weight excluding hydrogens is 224 g/mol. The first-order chi connectivity index (χ1) is 7.11. The van der Waals surface area contributed by atoms with E-state index >= 15 is 0 Å². The maximum atomic E-state index is 5.24. The SMILES string of the molecule is CCSC1CCC(NC(=S)NC(C)C)C1.